The van der Waals surface area contributed by atoms with Crippen LogP contribution in [0.4, 0.5) is 0 Å². The molecule has 1 fully saturated rings. The van der Waals surface area contributed by atoms with Gasteiger partial charge < -0.3 is 15.0 Å². The normalized spacial score (nSPS) is 17.4. The Bertz CT molecular complexity index is 679. The van der Waals surface area contributed by atoms with E-state index in [-0.39, 0.29) is 11.9 Å². The van der Waals surface area contributed by atoms with E-state index in [2.05, 4.69) is 5.32 Å². The third-order valence-electron chi connectivity index (χ3n) is 4.51. The number of carbonyl (C=O) groups is 2. The molecule has 130 valence electrons. The molecule has 5 nitrogen and oxygen atoms in total. The van der Waals surface area contributed by atoms with Crippen molar-refractivity contribution in [3.8, 4) is 0 Å². The summed E-state index contributed by atoms with van der Waals surface area (Å²) >= 11 is 0. The minimum atomic E-state index is -0.596. The number of methoxy groups -OCH3 is 1. The largest absolute Gasteiger partial charge is 0.467 e. The van der Waals surface area contributed by atoms with E-state index in [1.165, 1.54) is 7.11 Å². The molecule has 1 saturated heterocycles. The third-order valence-corrected chi connectivity index (χ3v) is 4.51. The predicted molar refractivity (Wildman–Crippen MR) is 95.1 cm³/mol. The Hall–Kier alpha value is -2.66. The van der Waals surface area contributed by atoms with E-state index in [0.717, 1.165) is 11.1 Å². The lowest BCUT2D eigenvalue weighted by atomic mass is 9.89. The molecule has 0 radical (unpaired) electrons. The van der Waals surface area contributed by atoms with Crippen LogP contribution in [-0.4, -0.2) is 49.6 Å². The average molecular weight is 338 g/mol. The van der Waals surface area contributed by atoms with Crippen LogP contribution in [0.25, 0.3) is 0 Å². The fourth-order valence-corrected chi connectivity index (χ4v) is 3.25. The van der Waals surface area contributed by atoms with Crippen molar-refractivity contribution in [1.29, 1.82) is 0 Å². The summed E-state index contributed by atoms with van der Waals surface area (Å²) in [7, 11) is 1.35. The summed E-state index contributed by atoms with van der Waals surface area (Å²) in [5, 5.41) is 3.16. The molecule has 1 N–H and O–H groups in total. The van der Waals surface area contributed by atoms with E-state index in [1.54, 1.807) is 4.90 Å². The molecule has 0 aromatic heterocycles. The van der Waals surface area contributed by atoms with Crippen LogP contribution >= 0.6 is 0 Å². The van der Waals surface area contributed by atoms with Gasteiger partial charge in [0.1, 0.15) is 6.04 Å². The fraction of sp³-hybridized carbons (Fsp3) is 0.300. The number of piperazine rings is 1. The molecule has 0 bridgehead atoms. The van der Waals surface area contributed by atoms with Crippen molar-refractivity contribution >= 4 is 11.9 Å². The number of nitrogens with one attached hydrogen (secondary N) is 1. The van der Waals surface area contributed by atoms with Crippen LogP contribution in [-0.2, 0) is 14.3 Å². The van der Waals surface area contributed by atoms with Crippen molar-refractivity contribution in [2.24, 2.45) is 0 Å². The molecule has 5 heteroatoms. The SMILES string of the molecule is COC(=O)[C@@H]1CNCCN1C(=O)C(c1ccccc1)c1ccccc1. The van der Waals surface area contributed by atoms with Crippen LogP contribution in [0.15, 0.2) is 60.7 Å². The van der Waals surface area contributed by atoms with E-state index in [4.69, 9.17) is 4.74 Å². The highest BCUT2D eigenvalue weighted by Crippen LogP contribution is 2.28. The molecular formula is C20H22N2O3. The van der Waals surface area contributed by atoms with Gasteiger partial charge in [0, 0.05) is 19.6 Å². The summed E-state index contributed by atoms with van der Waals surface area (Å²) < 4.78 is 4.89. The summed E-state index contributed by atoms with van der Waals surface area (Å²) in [5.41, 5.74) is 1.83. The van der Waals surface area contributed by atoms with Gasteiger partial charge in [0.25, 0.3) is 0 Å². The van der Waals surface area contributed by atoms with Crippen LogP contribution in [0, 0.1) is 0 Å². The zero-order chi connectivity index (χ0) is 17.6. The maximum atomic E-state index is 13.4. The number of nitrogens with zero attached hydrogens (tertiary/aromatic N) is 1. The number of rotatable bonds is 4. The average Bonchev–Trinajstić information content (AvgIpc) is 2.69. The summed E-state index contributed by atoms with van der Waals surface area (Å²) in [5.74, 6) is -0.901. The Morgan fingerprint density at radius 2 is 1.60 bits per heavy atom. The highest BCUT2D eigenvalue weighted by Gasteiger charge is 2.37. The molecule has 1 aliphatic rings. The number of esters is 1. The summed E-state index contributed by atoms with van der Waals surface area (Å²) in [6.45, 7) is 1.55. The monoisotopic (exact) mass is 338 g/mol. The van der Waals surface area contributed by atoms with Gasteiger partial charge in [-0.3, -0.25) is 4.79 Å². The minimum Gasteiger partial charge on any atom is -0.467 e. The Kier molecular flexibility index (Phi) is 5.46. The van der Waals surface area contributed by atoms with E-state index >= 15 is 0 Å². The molecule has 25 heavy (non-hydrogen) atoms. The van der Waals surface area contributed by atoms with Crippen LogP contribution in [0.5, 0.6) is 0 Å². The van der Waals surface area contributed by atoms with E-state index in [1.807, 2.05) is 60.7 Å². The number of benzene rings is 2. The quantitative estimate of drug-likeness (QED) is 0.864. The van der Waals surface area contributed by atoms with Gasteiger partial charge in [0.2, 0.25) is 5.91 Å². The number of ether oxygens (including phenoxy) is 1. The van der Waals surface area contributed by atoms with Gasteiger partial charge in [0.15, 0.2) is 0 Å². The van der Waals surface area contributed by atoms with Gasteiger partial charge in [-0.1, -0.05) is 60.7 Å². The standard InChI is InChI=1S/C20H22N2O3/c1-25-20(24)17-14-21-12-13-22(17)19(23)18(15-8-4-2-5-9-15)16-10-6-3-7-11-16/h2-11,17-18,21H,12-14H2,1H3/t17-/m0/s1. The smallest absolute Gasteiger partial charge is 0.329 e. The van der Waals surface area contributed by atoms with E-state index < -0.39 is 12.0 Å². The zero-order valence-electron chi connectivity index (χ0n) is 14.2. The molecule has 1 heterocycles. The molecule has 1 amide bonds. The topological polar surface area (TPSA) is 58.6 Å². The molecule has 0 aliphatic carbocycles. The van der Waals surface area contributed by atoms with Crippen molar-refractivity contribution in [3.05, 3.63) is 71.8 Å². The lowest BCUT2D eigenvalue weighted by Gasteiger charge is -2.36. The zero-order valence-corrected chi connectivity index (χ0v) is 14.2. The fourth-order valence-electron chi connectivity index (χ4n) is 3.25. The molecule has 0 unspecified atom stereocenters. The third kappa shape index (κ3) is 3.72. The Morgan fingerprint density at radius 1 is 1.04 bits per heavy atom. The first-order chi connectivity index (χ1) is 12.2. The van der Waals surface area contributed by atoms with Gasteiger partial charge in [0.05, 0.1) is 13.0 Å². The van der Waals surface area contributed by atoms with Crippen molar-refractivity contribution in [2.75, 3.05) is 26.7 Å². The Labute approximate surface area is 147 Å². The molecule has 2 aromatic carbocycles. The van der Waals surface area contributed by atoms with Gasteiger partial charge in [-0.05, 0) is 11.1 Å². The number of amides is 1. The second-order valence-corrected chi connectivity index (χ2v) is 6.03. The molecule has 0 spiro atoms. The van der Waals surface area contributed by atoms with E-state index in [9.17, 15) is 9.59 Å². The second kappa shape index (κ2) is 7.94. The lowest BCUT2D eigenvalue weighted by molar-refractivity contribution is -0.154. The first kappa shape index (κ1) is 17.2. The van der Waals surface area contributed by atoms with Gasteiger partial charge in [-0.2, -0.15) is 0 Å². The molecule has 1 aliphatic heterocycles. The van der Waals surface area contributed by atoms with Crippen LogP contribution < -0.4 is 5.32 Å². The highest BCUT2D eigenvalue weighted by atomic mass is 16.5. The first-order valence-corrected chi connectivity index (χ1v) is 8.41. The Balaban J connectivity index is 1.98. The van der Waals surface area contributed by atoms with Crippen molar-refractivity contribution in [1.82, 2.24) is 10.2 Å². The summed E-state index contributed by atoms with van der Waals surface area (Å²) in [4.78, 5) is 27.2. The molecule has 3 rings (SSSR count). The lowest BCUT2D eigenvalue weighted by Crippen LogP contribution is -2.58. The van der Waals surface area contributed by atoms with Crippen LogP contribution in [0.1, 0.15) is 17.0 Å². The molecule has 1 atom stereocenters. The Morgan fingerprint density at radius 3 is 2.12 bits per heavy atom. The predicted octanol–water partition coefficient (Wildman–Crippen LogP) is 1.79. The molecule has 0 saturated carbocycles. The van der Waals surface area contributed by atoms with Gasteiger partial charge >= 0.3 is 5.97 Å². The minimum absolute atomic E-state index is 0.0747. The van der Waals surface area contributed by atoms with Crippen molar-refractivity contribution < 1.29 is 14.3 Å². The van der Waals surface area contributed by atoms with Crippen LogP contribution in [0.3, 0.4) is 0 Å². The van der Waals surface area contributed by atoms with Crippen molar-refractivity contribution in [2.45, 2.75) is 12.0 Å². The number of carbonyl (C=O) groups excluding carboxylic acids is 2. The second-order valence-electron chi connectivity index (χ2n) is 6.03. The van der Waals surface area contributed by atoms with E-state index in [0.29, 0.717) is 19.6 Å². The van der Waals surface area contributed by atoms with Crippen molar-refractivity contribution in [3.63, 3.8) is 0 Å². The first-order valence-electron chi connectivity index (χ1n) is 8.41. The van der Waals surface area contributed by atoms with Gasteiger partial charge in [-0.15, -0.1) is 0 Å². The summed E-state index contributed by atoms with van der Waals surface area (Å²) in [6.07, 6.45) is 0. The molecular weight excluding hydrogens is 316 g/mol. The summed E-state index contributed by atoms with van der Waals surface area (Å²) in [6, 6.07) is 18.8. The van der Waals surface area contributed by atoms with Gasteiger partial charge in [-0.25, -0.2) is 4.79 Å². The van der Waals surface area contributed by atoms with Crippen LogP contribution in [0.2, 0.25) is 0 Å². The number of hydrogen-bond donors (Lipinski definition) is 1. The highest BCUT2D eigenvalue weighted by molar-refractivity contribution is 5.91. The maximum Gasteiger partial charge on any atom is 0.329 e. The molecule has 2 aromatic rings. The number of hydrogen-bond acceptors (Lipinski definition) is 4. The maximum absolute atomic E-state index is 13.4.